The quantitative estimate of drug-likeness (QED) is 0.849. The Morgan fingerprint density at radius 3 is 2.71 bits per heavy atom. The van der Waals surface area contributed by atoms with E-state index in [1.54, 1.807) is 11.8 Å². The van der Waals surface area contributed by atoms with Gasteiger partial charge in [-0.05, 0) is 29.6 Å². The number of carbonyl (C=O) groups is 1. The van der Waals surface area contributed by atoms with Crippen molar-refractivity contribution in [1.29, 1.82) is 0 Å². The highest BCUT2D eigenvalue weighted by Crippen LogP contribution is 2.29. The van der Waals surface area contributed by atoms with Crippen LogP contribution in [0.5, 0.6) is 0 Å². The van der Waals surface area contributed by atoms with Gasteiger partial charge in [-0.2, -0.15) is 11.8 Å². The molecule has 1 saturated heterocycles. The standard InChI is InChI=1S/C17H25NO2S/c1-16(2,14-6-4-3-5-7-14)9-8-15(19)18-12-17(20)10-11-21-13-17/h3-7,20H,8-13H2,1-2H3,(H,18,19). The molecule has 0 radical (unpaired) electrons. The third-order valence-electron chi connectivity index (χ3n) is 4.23. The van der Waals surface area contributed by atoms with Crippen molar-refractivity contribution in [3.63, 3.8) is 0 Å². The fraction of sp³-hybridized carbons (Fsp3) is 0.588. The predicted molar refractivity (Wildman–Crippen MR) is 88.6 cm³/mol. The first-order chi connectivity index (χ1) is 9.91. The third-order valence-corrected chi connectivity index (χ3v) is 5.46. The van der Waals surface area contributed by atoms with Crippen LogP contribution < -0.4 is 5.32 Å². The van der Waals surface area contributed by atoms with Gasteiger partial charge in [-0.1, -0.05) is 44.2 Å². The van der Waals surface area contributed by atoms with Crippen LogP contribution in [0, 0.1) is 0 Å². The lowest BCUT2D eigenvalue weighted by atomic mass is 9.80. The number of aliphatic hydroxyl groups is 1. The zero-order valence-electron chi connectivity index (χ0n) is 12.9. The second-order valence-electron chi connectivity index (χ2n) is 6.55. The van der Waals surface area contributed by atoms with Crippen LogP contribution in [0.2, 0.25) is 0 Å². The lowest BCUT2D eigenvalue weighted by molar-refractivity contribution is -0.122. The van der Waals surface area contributed by atoms with E-state index in [0.29, 0.717) is 13.0 Å². The van der Waals surface area contributed by atoms with Gasteiger partial charge in [0.05, 0.1) is 5.60 Å². The van der Waals surface area contributed by atoms with Crippen molar-refractivity contribution in [3.05, 3.63) is 35.9 Å². The smallest absolute Gasteiger partial charge is 0.220 e. The minimum absolute atomic E-state index is 0.0152. The van der Waals surface area contributed by atoms with Crippen LogP contribution in [-0.2, 0) is 10.2 Å². The maximum absolute atomic E-state index is 12.0. The molecule has 0 aromatic heterocycles. The van der Waals surface area contributed by atoms with Gasteiger partial charge in [-0.15, -0.1) is 0 Å². The van der Waals surface area contributed by atoms with Gasteiger partial charge in [0, 0.05) is 18.7 Å². The van der Waals surface area contributed by atoms with Crippen LogP contribution in [0.1, 0.15) is 38.7 Å². The Labute approximate surface area is 131 Å². The molecule has 1 aromatic rings. The molecule has 0 saturated carbocycles. The zero-order valence-corrected chi connectivity index (χ0v) is 13.7. The Hall–Kier alpha value is -1.00. The van der Waals surface area contributed by atoms with Crippen molar-refractivity contribution in [2.24, 2.45) is 0 Å². The highest BCUT2D eigenvalue weighted by molar-refractivity contribution is 7.99. The van der Waals surface area contributed by atoms with Crippen LogP contribution in [0.25, 0.3) is 0 Å². The van der Waals surface area contributed by atoms with Crippen LogP contribution >= 0.6 is 11.8 Å². The third kappa shape index (κ3) is 4.75. The summed E-state index contributed by atoms with van der Waals surface area (Å²) in [6.07, 6.45) is 2.06. The highest BCUT2D eigenvalue weighted by atomic mass is 32.2. The lowest BCUT2D eigenvalue weighted by Crippen LogP contribution is -2.43. The normalized spacial score (nSPS) is 22.2. The summed E-state index contributed by atoms with van der Waals surface area (Å²) >= 11 is 1.75. The first-order valence-corrected chi connectivity index (χ1v) is 8.69. The summed E-state index contributed by atoms with van der Waals surface area (Å²) < 4.78 is 0. The van der Waals surface area contributed by atoms with Gasteiger partial charge >= 0.3 is 0 Å². The number of hydrogen-bond donors (Lipinski definition) is 2. The van der Waals surface area contributed by atoms with Crippen molar-refractivity contribution in [2.75, 3.05) is 18.1 Å². The van der Waals surface area contributed by atoms with Gasteiger partial charge in [0.15, 0.2) is 0 Å². The number of hydrogen-bond acceptors (Lipinski definition) is 3. The second kappa shape index (κ2) is 6.84. The van der Waals surface area contributed by atoms with Crippen LogP contribution in [-0.4, -0.2) is 34.7 Å². The molecule has 21 heavy (non-hydrogen) atoms. The highest BCUT2D eigenvalue weighted by Gasteiger charge is 2.32. The number of nitrogens with one attached hydrogen (secondary N) is 1. The number of rotatable bonds is 6. The number of carbonyl (C=O) groups excluding carboxylic acids is 1. The molecule has 1 atom stereocenters. The van der Waals surface area contributed by atoms with Crippen LogP contribution in [0.4, 0.5) is 0 Å². The van der Waals surface area contributed by atoms with E-state index >= 15 is 0 Å². The minimum Gasteiger partial charge on any atom is -0.387 e. The van der Waals surface area contributed by atoms with Crippen molar-refractivity contribution in [2.45, 2.75) is 44.1 Å². The Kier molecular flexibility index (Phi) is 5.33. The number of benzene rings is 1. The maximum Gasteiger partial charge on any atom is 0.220 e. The molecule has 2 N–H and O–H groups in total. The van der Waals surface area contributed by atoms with Crippen molar-refractivity contribution < 1.29 is 9.90 Å². The van der Waals surface area contributed by atoms with Gasteiger partial charge in [0.2, 0.25) is 5.91 Å². The lowest BCUT2D eigenvalue weighted by Gasteiger charge is -2.26. The molecule has 3 nitrogen and oxygen atoms in total. The SMILES string of the molecule is CC(C)(CCC(=O)NCC1(O)CCSC1)c1ccccc1. The molecule has 1 aliphatic rings. The van der Waals surface area contributed by atoms with Crippen molar-refractivity contribution in [3.8, 4) is 0 Å². The van der Waals surface area contributed by atoms with E-state index in [1.165, 1.54) is 5.56 Å². The van der Waals surface area contributed by atoms with E-state index in [9.17, 15) is 9.90 Å². The van der Waals surface area contributed by atoms with Gasteiger partial charge in [0.1, 0.15) is 0 Å². The number of amides is 1. The molecule has 0 aliphatic carbocycles. The molecule has 1 fully saturated rings. The van der Waals surface area contributed by atoms with E-state index in [1.807, 2.05) is 18.2 Å². The number of thioether (sulfide) groups is 1. The van der Waals surface area contributed by atoms with Gasteiger partial charge in [-0.25, -0.2) is 0 Å². The van der Waals surface area contributed by atoms with E-state index in [4.69, 9.17) is 0 Å². The summed E-state index contributed by atoms with van der Waals surface area (Å²) in [5.41, 5.74) is 0.539. The van der Waals surface area contributed by atoms with Gasteiger partial charge in [-0.3, -0.25) is 4.79 Å². The molecule has 0 spiro atoms. The fourth-order valence-corrected chi connectivity index (χ4v) is 3.84. The average molecular weight is 307 g/mol. The van der Waals surface area contributed by atoms with Crippen molar-refractivity contribution in [1.82, 2.24) is 5.32 Å². The topological polar surface area (TPSA) is 49.3 Å². The molecular weight excluding hydrogens is 282 g/mol. The van der Waals surface area contributed by atoms with E-state index in [2.05, 4.69) is 31.3 Å². The molecule has 1 aliphatic heterocycles. The molecule has 1 aromatic carbocycles. The summed E-state index contributed by atoms with van der Waals surface area (Å²) in [5.74, 6) is 1.74. The molecule has 1 heterocycles. The van der Waals surface area contributed by atoms with E-state index in [0.717, 1.165) is 24.3 Å². The summed E-state index contributed by atoms with van der Waals surface area (Å²) in [6, 6.07) is 10.3. The van der Waals surface area contributed by atoms with Crippen molar-refractivity contribution >= 4 is 17.7 Å². The summed E-state index contributed by atoms with van der Waals surface area (Å²) in [5, 5.41) is 13.1. The summed E-state index contributed by atoms with van der Waals surface area (Å²) in [6.45, 7) is 4.71. The Morgan fingerprint density at radius 2 is 2.10 bits per heavy atom. The van der Waals surface area contributed by atoms with Gasteiger partial charge < -0.3 is 10.4 Å². The Balaban J connectivity index is 1.78. The molecule has 116 valence electrons. The molecular formula is C17H25NO2S. The van der Waals surface area contributed by atoms with Crippen LogP contribution in [0.15, 0.2) is 30.3 Å². The van der Waals surface area contributed by atoms with E-state index < -0.39 is 5.60 Å². The largest absolute Gasteiger partial charge is 0.387 e. The molecule has 1 unspecified atom stereocenters. The second-order valence-corrected chi connectivity index (χ2v) is 7.66. The molecule has 4 heteroatoms. The molecule has 2 rings (SSSR count). The average Bonchev–Trinajstić information content (AvgIpc) is 2.91. The zero-order chi connectivity index (χ0) is 15.3. The maximum atomic E-state index is 12.0. The molecule has 1 amide bonds. The van der Waals surface area contributed by atoms with E-state index in [-0.39, 0.29) is 11.3 Å². The summed E-state index contributed by atoms with van der Waals surface area (Å²) in [4.78, 5) is 12.0. The fourth-order valence-electron chi connectivity index (χ4n) is 2.55. The minimum atomic E-state index is -0.699. The van der Waals surface area contributed by atoms with Crippen LogP contribution in [0.3, 0.4) is 0 Å². The monoisotopic (exact) mass is 307 g/mol. The first-order valence-electron chi connectivity index (χ1n) is 7.54. The summed E-state index contributed by atoms with van der Waals surface area (Å²) in [7, 11) is 0. The Morgan fingerprint density at radius 1 is 1.38 bits per heavy atom. The first kappa shape index (κ1) is 16.4. The van der Waals surface area contributed by atoms with Gasteiger partial charge in [0.25, 0.3) is 0 Å². The Bertz CT molecular complexity index is 467. The predicted octanol–water partition coefficient (Wildman–Crippen LogP) is 2.73. The molecule has 0 bridgehead atoms.